The van der Waals surface area contributed by atoms with Gasteiger partial charge in [0.1, 0.15) is 5.82 Å². The molecule has 1 aromatic heterocycles. The van der Waals surface area contributed by atoms with Crippen molar-refractivity contribution in [1.82, 2.24) is 9.97 Å². The normalized spacial score (nSPS) is 10.9. The Morgan fingerprint density at radius 3 is 2.40 bits per heavy atom. The first-order valence-electron chi connectivity index (χ1n) is 7.39. The molecule has 0 aliphatic carbocycles. The molecule has 2 aromatic rings. The number of imidazole rings is 1. The lowest BCUT2D eigenvalue weighted by Crippen LogP contribution is -1.89. The highest BCUT2D eigenvalue weighted by Crippen LogP contribution is 2.31. The van der Waals surface area contributed by atoms with Crippen molar-refractivity contribution in [2.75, 3.05) is 14.2 Å². The lowest BCUT2D eigenvalue weighted by atomic mass is 10.1. The van der Waals surface area contributed by atoms with Crippen LogP contribution in [0, 0.1) is 0 Å². The van der Waals surface area contributed by atoms with Crippen LogP contribution in [0.15, 0.2) is 12.1 Å². The molecule has 0 spiro atoms. The number of unbranched alkanes of at least 4 members (excludes halogenated alkanes) is 4. The second kappa shape index (κ2) is 7.17. The minimum Gasteiger partial charge on any atom is -0.493 e. The van der Waals surface area contributed by atoms with Gasteiger partial charge in [-0.15, -0.1) is 0 Å². The molecule has 1 N–H and O–H groups in total. The van der Waals surface area contributed by atoms with Crippen LogP contribution in [0.5, 0.6) is 11.5 Å². The van der Waals surface area contributed by atoms with E-state index >= 15 is 0 Å². The Balaban J connectivity index is 2.05. The van der Waals surface area contributed by atoms with E-state index in [0.717, 1.165) is 34.8 Å². The van der Waals surface area contributed by atoms with Gasteiger partial charge in [0, 0.05) is 18.6 Å². The van der Waals surface area contributed by atoms with E-state index in [1.54, 1.807) is 14.2 Å². The molecular formula is C16H24N2O2. The number of nitrogens with zero attached hydrogens (tertiary/aromatic N) is 1. The molecule has 4 nitrogen and oxygen atoms in total. The van der Waals surface area contributed by atoms with Crippen molar-refractivity contribution in [3.8, 4) is 11.5 Å². The van der Waals surface area contributed by atoms with Gasteiger partial charge in [-0.2, -0.15) is 0 Å². The van der Waals surface area contributed by atoms with Crippen molar-refractivity contribution in [1.29, 1.82) is 0 Å². The molecule has 2 rings (SSSR count). The first-order chi connectivity index (χ1) is 9.78. The second-order valence-electron chi connectivity index (χ2n) is 5.07. The molecule has 0 aliphatic rings. The molecule has 0 bridgehead atoms. The SMILES string of the molecule is CCCCCCCc1nc2cc(OC)c(OC)cc2[nH]1. The molecule has 0 unspecified atom stereocenters. The zero-order valence-corrected chi connectivity index (χ0v) is 12.7. The highest BCUT2D eigenvalue weighted by Gasteiger charge is 2.09. The molecule has 0 saturated carbocycles. The molecule has 0 amide bonds. The third kappa shape index (κ3) is 3.44. The van der Waals surface area contributed by atoms with Gasteiger partial charge in [-0.3, -0.25) is 0 Å². The summed E-state index contributed by atoms with van der Waals surface area (Å²) in [6.07, 6.45) is 7.39. The number of hydrogen-bond acceptors (Lipinski definition) is 3. The van der Waals surface area contributed by atoms with Gasteiger partial charge in [0.25, 0.3) is 0 Å². The van der Waals surface area contributed by atoms with Crippen LogP contribution in [0.2, 0.25) is 0 Å². The molecule has 4 heteroatoms. The molecule has 0 radical (unpaired) electrons. The molecule has 1 aromatic carbocycles. The fourth-order valence-corrected chi connectivity index (χ4v) is 2.40. The monoisotopic (exact) mass is 276 g/mol. The summed E-state index contributed by atoms with van der Waals surface area (Å²) in [4.78, 5) is 7.99. The summed E-state index contributed by atoms with van der Waals surface area (Å²) in [5.41, 5.74) is 1.94. The van der Waals surface area contributed by atoms with Crippen molar-refractivity contribution in [2.24, 2.45) is 0 Å². The molecular weight excluding hydrogens is 252 g/mol. The number of H-pyrrole nitrogens is 1. The van der Waals surface area contributed by atoms with Crippen LogP contribution in [0.25, 0.3) is 11.0 Å². The smallest absolute Gasteiger partial charge is 0.163 e. The minimum absolute atomic E-state index is 0.723. The number of fused-ring (bicyclic) bond motifs is 1. The Morgan fingerprint density at radius 2 is 1.70 bits per heavy atom. The fourth-order valence-electron chi connectivity index (χ4n) is 2.40. The molecule has 0 atom stereocenters. The summed E-state index contributed by atoms with van der Waals surface area (Å²) in [7, 11) is 3.29. The molecule has 110 valence electrons. The van der Waals surface area contributed by atoms with Crippen LogP contribution in [-0.4, -0.2) is 24.2 Å². The van der Waals surface area contributed by atoms with E-state index in [-0.39, 0.29) is 0 Å². The van der Waals surface area contributed by atoms with Gasteiger partial charge in [0.05, 0.1) is 25.3 Å². The van der Waals surface area contributed by atoms with Crippen LogP contribution in [0.3, 0.4) is 0 Å². The number of benzene rings is 1. The largest absolute Gasteiger partial charge is 0.493 e. The van der Waals surface area contributed by atoms with Gasteiger partial charge in [-0.25, -0.2) is 4.98 Å². The highest BCUT2D eigenvalue weighted by molar-refractivity contribution is 5.79. The van der Waals surface area contributed by atoms with Gasteiger partial charge in [0.15, 0.2) is 11.5 Å². The van der Waals surface area contributed by atoms with Crippen LogP contribution < -0.4 is 9.47 Å². The van der Waals surface area contributed by atoms with Gasteiger partial charge in [0.2, 0.25) is 0 Å². The van der Waals surface area contributed by atoms with Crippen LogP contribution in [0.4, 0.5) is 0 Å². The summed E-state index contributed by atoms with van der Waals surface area (Å²) in [5, 5.41) is 0. The van der Waals surface area contributed by atoms with Crippen LogP contribution in [0.1, 0.15) is 44.9 Å². The number of nitrogens with one attached hydrogen (secondary N) is 1. The zero-order chi connectivity index (χ0) is 14.4. The third-order valence-corrected chi connectivity index (χ3v) is 3.55. The first kappa shape index (κ1) is 14.7. The second-order valence-corrected chi connectivity index (χ2v) is 5.07. The first-order valence-corrected chi connectivity index (χ1v) is 7.39. The summed E-state index contributed by atoms with van der Waals surface area (Å²) < 4.78 is 10.6. The molecule has 0 saturated heterocycles. The van der Waals surface area contributed by atoms with Gasteiger partial charge in [-0.1, -0.05) is 32.6 Å². The molecule has 0 fully saturated rings. The topological polar surface area (TPSA) is 47.1 Å². The summed E-state index contributed by atoms with van der Waals surface area (Å²) in [5.74, 6) is 2.51. The number of aromatic nitrogens is 2. The molecule has 20 heavy (non-hydrogen) atoms. The van der Waals surface area contributed by atoms with Crippen LogP contribution in [-0.2, 0) is 6.42 Å². The number of aromatic amines is 1. The van der Waals surface area contributed by atoms with Crippen molar-refractivity contribution in [2.45, 2.75) is 45.4 Å². The maximum absolute atomic E-state index is 5.31. The van der Waals surface area contributed by atoms with E-state index < -0.39 is 0 Å². The number of ether oxygens (including phenoxy) is 2. The lowest BCUT2D eigenvalue weighted by Gasteiger charge is -2.06. The highest BCUT2D eigenvalue weighted by atomic mass is 16.5. The van der Waals surface area contributed by atoms with Gasteiger partial charge in [-0.05, 0) is 6.42 Å². The van der Waals surface area contributed by atoms with Gasteiger partial charge >= 0.3 is 0 Å². The number of aryl methyl sites for hydroxylation is 1. The van der Waals surface area contributed by atoms with E-state index in [1.807, 2.05) is 12.1 Å². The predicted molar refractivity (Wildman–Crippen MR) is 81.7 cm³/mol. The molecule has 0 aliphatic heterocycles. The zero-order valence-electron chi connectivity index (χ0n) is 12.7. The van der Waals surface area contributed by atoms with E-state index in [1.165, 1.54) is 32.1 Å². The van der Waals surface area contributed by atoms with Crippen molar-refractivity contribution in [3.63, 3.8) is 0 Å². The Hall–Kier alpha value is -1.71. The van der Waals surface area contributed by atoms with E-state index in [2.05, 4.69) is 16.9 Å². The average Bonchev–Trinajstić information content (AvgIpc) is 2.87. The average molecular weight is 276 g/mol. The van der Waals surface area contributed by atoms with Crippen molar-refractivity contribution < 1.29 is 9.47 Å². The number of hydrogen-bond donors (Lipinski definition) is 1. The Bertz CT molecular complexity index is 508. The minimum atomic E-state index is 0.723. The summed E-state index contributed by atoms with van der Waals surface area (Å²) in [6, 6.07) is 3.87. The standard InChI is InChI=1S/C16H24N2O2/c1-4-5-6-7-8-9-16-17-12-10-14(19-2)15(20-3)11-13(12)18-16/h10-11H,4-9H2,1-3H3,(H,17,18). The Kier molecular flexibility index (Phi) is 5.27. The van der Waals surface area contributed by atoms with E-state index in [0.29, 0.717) is 0 Å². The van der Waals surface area contributed by atoms with Crippen LogP contribution >= 0.6 is 0 Å². The predicted octanol–water partition coefficient (Wildman–Crippen LogP) is 4.09. The Labute approximate surface area is 120 Å². The quantitative estimate of drug-likeness (QED) is 0.739. The maximum atomic E-state index is 5.31. The van der Waals surface area contributed by atoms with Crippen molar-refractivity contribution in [3.05, 3.63) is 18.0 Å². The van der Waals surface area contributed by atoms with Crippen molar-refractivity contribution >= 4 is 11.0 Å². The van der Waals surface area contributed by atoms with Gasteiger partial charge < -0.3 is 14.5 Å². The third-order valence-electron chi connectivity index (χ3n) is 3.55. The number of methoxy groups -OCH3 is 2. The lowest BCUT2D eigenvalue weighted by molar-refractivity contribution is 0.356. The summed E-state index contributed by atoms with van der Waals surface area (Å²) >= 11 is 0. The Morgan fingerprint density at radius 1 is 1.00 bits per heavy atom. The van der Waals surface area contributed by atoms with E-state index in [9.17, 15) is 0 Å². The molecule has 1 heterocycles. The maximum Gasteiger partial charge on any atom is 0.163 e. The summed E-state index contributed by atoms with van der Waals surface area (Å²) in [6.45, 7) is 2.24. The number of rotatable bonds is 8. The van der Waals surface area contributed by atoms with E-state index in [4.69, 9.17) is 9.47 Å². The fraction of sp³-hybridized carbons (Fsp3) is 0.562.